The monoisotopic (exact) mass is 409 g/mol. The first-order valence-electron chi connectivity index (χ1n) is 10.3. The number of carbonyl (C=O) groups is 1. The lowest BCUT2D eigenvalue weighted by Gasteiger charge is -2.14. The Hall–Kier alpha value is -3.28. The van der Waals surface area contributed by atoms with E-state index in [2.05, 4.69) is 11.9 Å². The average Bonchev–Trinajstić information content (AvgIpc) is 2.76. The van der Waals surface area contributed by atoms with Crippen molar-refractivity contribution in [2.24, 2.45) is 0 Å². The van der Waals surface area contributed by atoms with Crippen LogP contribution in [0.5, 0.6) is 11.5 Å². The molecule has 6 heteroatoms. The maximum Gasteiger partial charge on any atom is 0.343 e. The van der Waals surface area contributed by atoms with Gasteiger partial charge in [-0.2, -0.15) is 0 Å². The van der Waals surface area contributed by atoms with E-state index in [0.717, 1.165) is 30.6 Å². The number of carbonyl (C=O) groups excluding carboxylic acids is 1. The Morgan fingerprint density at radius 1 is 1.03 bits per heavy atom. The summed E-state index contributed by atoms with van der Waals surface area (Å²) in [6, 6.07) is 13.2. The molecular weight excluding hydrogens is 382 g/mol. The lowest BCUT2D eigenvalue weighted by atomic mass is 10.0. The lowest BCUT2D eigenvalue weighted by Crippen LogP contribution is -2.18. The minimum absolute atomic E-state index is 0.00993. The zero-order chi connectivity index (χ0) is 21.3. The maximum absolute atomic E-state index is 12.8. The zero-order valence-corrected chi connectivity index (χ0v) is 17.4. The molecule has 0 aliphatic rings. The van der Waals surface area contributed by atoms with Gasteiger partial charge in [0.25, 0.3) is 0 Å². The summed E-state index contributed by atoms with van der Waals surface area (Å²) in [7, 11) is 0. The van der Waals surface area contributed by atoms with E-state index in [-0.39, 0.29) is 17.6 Å². The minimum Gasteiger partial charge on any atom is -0.490 e. The van der Waals surface area contributed by atoms with E-state index in [4.69, 9.17) is 14.2 Å². The second-order valence-corrected chi connectivity index (χ2v) is 6.87. The topological polar surface area (TPSA) is 77.6 Å². The van der Waals surface area contributed by atoms with E-state index in [1.807, 2.05) is 42.5 Å². The molecule has 0 bridgehead atoms. The van der Waals surface area contributed by atoms with Crippen LogP contribution in [0, 0.1) is 0 Å². The summed E-state index contributed by atoms with van der Waals surface area (Å²) in [5.74, 6) is 0.892. The third kappa shape index (κ3) is 5.20. The number of fused-ring (bicyclic) bond motifs is 1. The van der Waals surface area contributed by atoms with Gasteiger partial charge in [0.05, 0.1) is 12.1 Å². The molecule has 0 fully saturated rings. The molecule has 0 radical (unpaired) electrons. The first-order chi connectivity index (χ1) is 14.6. The molecule has 0 saturated heterocycles. The van der Waals surface area contributed by atoms with Gasteiger partial charge in [0.1, 0.15) is 30.3 Å². The van der Waals surface area contributed by atoms with Gasteiger partial charge in [-0.25, -0.2) is 4.79 Å². The highest BCUT2D eigenvalue weighted by Gasteiger charge is 2.16. The van der Waals surface area contributed by atoms with Crippen LogP contribution in [-0.2, 0) is 11.2 Å². The number of H-pyrrole nitrogens is 1. The van der Waals surface area contributed by atoms with Gasteiger partial charge in [-0.05, 0) is 43.5 Å². The number of pyridine rings is 1. The van der Waals surface area contributed by atoms with Crippen LogP contribution in [0.4, 0.5) is 0 Å². The van der Waals surface area contributed by atoms with Gasteiger partial charge in [-0.15, -0.1) is 0 Å². The van der Waals surface area contributed by atoms with Crippen LogP contribution in [0.15, 0.2) is 53.5 Å². The Kier molecular flexibility index (Phi) is 7.49. The molecule has 1 heterocycles. The summed E-state index contributed by atoms with van der Waals surface area (Å²) >= 11 is 0. The zero-order valence-electron chi connectivity index (χ0n) is 17.4. The summed E-state index contributed by atoms with van der Waals surface area (Å²) in [4.78, 5) is 27.9. The van der Waals surface area contributed by atoms with Crippen LogP contribution in [0.2, 0.25) is 0 Å². The normalized spacial score (nSPS) is 10.7. The Bertz CT molecular complexity index is 1040. The van der Waals surface area contributed by atoms with E-state index in [1.165, 1.54) is 6.20 Å². The fourth-order valence-electron chi connectivity index (χ4n) is 3.18. The molecule has 2 aromatic carbocycles. The molecule has 6 nitrogen and oxygen atoms in total. The average molecular weight is 409 g/mol. The number of benzene rings is 2. The van der Waals surface area contributed by atoms with Gasteiger partial charge in [0, 0.05) is 17.6 Å². The van der Waals surface area contributed by atoms with Gasteiger partial charge in [0.15, 0.2) is 0 Å². The van der Waals surface area contributed by atoms with Crippen molar-refractivity contribution in [3.63, 3.8) is 0 Å². The molecule has 3 rings (SSSR count). The van der Waals surface area contributed by atoms with Crippen LogP contribution >= 0.6 is 0 Å². The molecule has 0 atom stereocenters. The Labute approximate surface area is 175 Å². The van der Waals surface area contributed by atoms with E-state index >= 15 is 0 Å². The SMILES string of the molecule is CCCCc1cc2c(=O)c(C(=O)OCC)c[nH]c2cc1OCCOc1ccccc1. The Balaban J connectivity index is 1.82. The predicted molar refractivity (Wildman–Crippen MR) is 117 cm³/mol. The van der Waals surface area contributed by atoms with Crippen molar-refractivity contribution in [1.29, 1.82) is 0 Å². The number of aromatic nitrogens is 1. The van der Waals surface area contributed by atoms with E-state index in [9.17, 15) is 9.59 Å². The third-order valence-electron chi connectivity index (χ3n) is 4.71. The van der Waals surface area contributed by atoms with Crippen molar-refractivity contribution in [1.82, 2.24) is 4.98 Å². The number of esters is 1. The summed E-state index contributed by atoms with van der Waals surface area (Å²) < 4.78 is 16.6. The highest BCUT2D eigenvalue weighted by atomic mass is 16.5. The molecule has 0 amide bonds. The minimum atomic E-state index is -0.617. The summed E-state index contributed by atoms with van der Waals surface area (Å²) in [5, 5.41) is 0.458. The third-order valence-corrected chi connectivity index (χ3v) is 4.71. The van der Waals surface area contributed by atoms with Gasteiger partial charge in [-0.1, -0.05) is 31.5 Å². The number of aromatic amines is 1. The summed E-state index contributed by atoms with van der Waals surface area (Å²) in [6.07, 6.45) is 4.17. The van der Waals surface area contributed by atoms with Gasteiger partial charge < -0.3 is 19.2 Å². The van der Waals surface area contributed by atoms with Crippen molar-refractivity contribution < 1.29 is 19.0 Å². The second kappa shape index (κ2) is 10.5. The van der Waals surface area contributed by atoms with Crippen molar-refractivity contribution in [3.8, 4) is 11.5 Å². The Morgan fingerprint density at radius 2 is 1.80 bits per heavy atom. The van der Waals surface area contributed by atoms with Crippen molar-refractivity contribution in [3.05, 3.63) is 70.0 Å². The first-order valence-corrected chi connectivity index (χ1v) is 10.3. The van der Waals surface area contributed by atoms with Crippen LogP contribution in [0.3, 0.4) is 0 Å². The smallest absolute Gasteiger partial charge is 0.343 e. The summed E-state index contributed by atoms with van der Waals surface area (Å²) in [6.45, 7) is 4.83. The lowest BCUT2D eigenvalue weighted by molar-refractivity contribution is 0.0524. The number of hydrogen-bond acceptors (Lipinski definition) is 5. The van der Waals surface area contributed by atoms with E-state index in [0.29, 0.717) is 29.9 Å². The molecule has 0 saturated carbocycles. The van der Waals surface area contributed by atoms with Gasteiger partial charge in [-0.3, -0.25) is 4.79 Å². The quantitative estimate of drug-likeness (QED) is 0.394. The van der Waals surface area contributed by atoms with Crippen molar-refractivity contribution >= 4 is 16.9 Å². The van der Waals surface area contributed by atoms with Gasteiger partial charge in [0.2, 0.25) is 5.43 Å². The number of para-hydroxylation sites is 1. The molecule has 0 aliphatic carbocycles. The molecule has 0 aliphatic heterocycles. The fraction of sp³-hybridized carbons (Fsp3) is 0.333. The molecule has 1 aromatic heterocycles. The van der Waals surface area contributed by atoms with Crippen LogP contribution < -0.4 is 14.9 Å². The second-order valence-electron chi connectivity index (χ2n) is 6.87. The molecule has 0 spiro atoms. The van der Waals surface area contributed by atoms with Crippen LogP contribution in [0.25, 0.3) is 10.9 Å². The summed E-state index contributed by atoms with van der Waals surface area (Å²) in [5.41, 5.74) is 1.23. The molecular formula is C24H27NO5. The Morgan fingerprint density at radius 3 is 2.53 bits per heavy atom. The molecule has 1 N–H and O–H groups in total. The first kappa shape index (κ1) is 21.4. The largest absolute Gasteiger partial charge is 0.490 e. The number of rotatable bonds is 10. The van der Waals surface area contributed by atoms with Crippen LogP contribution in [-0.4, -0.2) is 30.8 Å². The van der Waals surface area contributed by atoms with E-state index in [1.54, 1.807) is 6.92 Å². The highest BCUT2D eigenvalue weighted by Crippen LogP contribution is 2.26. The van der Waals surface area contributed by atoms with Crippen molar-refractivity contribution in [2.75, 3.05) is 19.8 Å². The molecule has 3 aromatic rings. The van der Waals surface area contributed by atoms with Crippen molar-refractivity contribution in [2.45, 2.75) is 33.1 Å². The highest BCUT2D eigenvalue weighted by molar-refractivity contribution is 5.94. The molecule has 30 heavy (non-hydrogen) atoms. The predicted octanol–water partition coefficient (Wildman–Crippen LogP) is 4.51. The molecule has 158 valence electrons. The number of hydrogen-bond donors (Lipinski definition) is 1. The van der Waals surface area contributed by atoms with Crippen LogP contribution in [0.1, 0.15) is 42.6 Å². The number of aryl methyl sites for hydroxylation is 1. The standard InChI is InChI=1S/C24H27NO5/c1-3-5-9-17-14-19-21(25-16-20(23(19)26)24(27)28-4-2)15-22(17)30-13-12-29-18-10-7-6-8-11-18/h6-8,10-11,14-16H,3-5,9,12-13H2,1-2H3,(H,25,26). The maximum atomic E-state index is 12.8. The molecule has 0 unspecified atom stereocenters. The number of unbranched alkanes of at least 4 members (excludes halogenated alkanes) is 1. The number of nitrogens with one attached hydrogen (secondary N) is 1. The number of ether oxygens (including phenoxy) is 3. The fourth-order valence-corrected chi connectivity index (χ4v) is 3.18. The van der Waals surface area contributed by atoms with E-state index < -0.39 is 5.97 Å². The van der Waals surface area contributed by atoms with Gasteiger partial charge >= 0.3 is 5.97 Å².